The number of likely N-dealkylation sites (N-methyl/N-ethyl adjacent to an activating group) is 1. The number of hydrogen-bond acceptors (Lipinski definition) is 6. The first-order valence-corrected chi connectivity index (χ1v) is 9.01. The fourth-order valence-corrected chi connectivity index (χ4v) is 3.07. The monoisotopic (exact) mass is 390 g/mol. The molecule has 4 aromatic rings. The molecule has 0 unspecified atom stereocenters. The number of nitrogens with zero attached hydrogens (tertiary/aromatic N) is 5. The molecule has 0 aliphatic heterocycles. The van der Waals surface area contributed by atoms with Crippen molar-refractivity contribution in [2.24, 2.45) is 0 Å². The maximum absolute atomic E-state index is 12.5. The van der Waals surface area contributed by atoms with Gasteiger partial charge in [-0.15, -0.1) is 0 Å². The smallest absolute Gasteiger partial charge is 0.269 e. The maximum Gasteiger partial charge on any atom is 0.269 e. The van der Waals surface area contributed by atoms with Crippen LogP contribution >= 0.6 is 0 Å². The molecule has 0 radical (unpaired) electrons. The second kappa shape index (κ2) is 7.55. The van der Waals surface area contributed by atoms with Crippen molar-refractivity contribution in [3.63, 3.8) is 0 Å². The van der Waals surface area contributed by atoms with Crippen LogP contribution in [-0.2, 0) is 6.42 Å². The van der Waals surface area contributed by atoms with Crippen molar-refractivity contribution in [3.8, 4) is 5.69 Å². The summed E-state index contributed by atoms with van der Waals surface area (Å²) >= 11 is 0. The molecule has 29 heavy (non-hydrogen) atoms. The Bertz CT molecular complexity index is 1230. The third-order valence-electron chi connectivity index (χ3n) is 4.65. The molecule has 0 amide bonds. The summed E-state index contributed by atoms with van der Waals surface area (Å²) in [6.45, 7) is 0.523. The number of H-pyrrole nitrogens is 1. The van der Waals surface area contributed by atoms with Crippen LogP contribution < -0.4 is 10.5 Å². The molecule has 0 aliphatic rings. The predicted molar refractivity (Wildman–Crippen MR) is 110 cm³/mol. The van der Waals surface area contributed by atoms with Crippen LogP contribution in [0.15, 0.2) is 65.6 Å². The molecule has 0 saturated heterocycles. The molecular weight excluding hydrogens is 372 g/mol. The van der Waals surface area contributed by atoms with E-state index in [0.717, 1.165) is 11.3 Å². The zero-order valence-electron chi connectivity index (χ0n) is 15.6. The standard InChI is InChI=1S/C20H18N6O3/c1-24(11-10-14-6-5-9-16(12-14)26(28)29)20-22-18-17(19(27)23-20)13-21-25(18)15-7-3-2-4-8-15/h2-9,12-13H,10-11H2,1H3,(H,22,23,27). The molecule has 9 heteroatoms. The van der Waals surface area contributed by atoms with Gasteiger partial charge in [0.2, 0.25) is 5.95 Å². The third-order valence-corrected chi connectivity index (χ3v) is 4.65. The van der Waals surface area contributed by atoms with Gasteiger partial charge < -0.3 is 4.90 Å². The van der Waals surface area contributed by atoms with Crippen LogP contribution in [0.2, 0.25) is 0 Å². The average Bonchev–Trinajstić information content (AvgIpc) is 3.17. The summed E-state index contributed by atoms with van der Waals surface area (Å²) in [6, 6.07) is 16.0. The van der Waals surface area contributed by atoms with Gasteiger partial charge in [0.05, 0.1) is 16.8 Å². The molecule has 0 spiro atoms. The van der Waals surface area contributed by atoms with E-state index in [0.29, 0.717) is 29.9 Å². The minimum atomic E-state index is -0.412. The van der Waals surface area contributed by atoms with Gasteiger partial charge in [-0.1, -0.05) is 30.3 Å². The number of anilines is 1. The van der Waals surface area contributed by atoms with E-state index in [1.807, 2.05) is 48.3 Å². The lowest BCUT2D eigenvalue weighted by Gasteiger charge is -2.17. The Kier molecular flexibility index (Phi) is 4.78. The van der Waals surface area contributed by atoms with Crippen LogP contribution in [0, 0.1) is 10.1 Å². The molecule has 0 aliphatic carbocycles. The lowest BCUT2D eigenvalue weighted by atomic mass is 10.1. The summed E-state index contributed by atoms with van der Waals surface area (Å²) in [5, 5.41) is 15.6. The van der Waals surface area contributed by atoms with E-state index >= 15 is 0 Å². The van der Waals surface area contributed by atoms with E-state index < -0.39 is 4.92 Å². The topological polar surface area (TPSA) is 110 Å². The first kappa shape index (κ1) is 18.4. The molecule has 2 aromatic carbocycles. The number of nitro benzene ring substituents is 1. The SMILES string of the molecule is CN(CCc1cccc([N+](=O)[O-])c1)c1nc2c(cnn2-c2ccccc2)c(=O)[nH]1. The Hall–Kier alpha value is -4.01. The first-order chi connectivity index (χ1) is 14.0. The van der Waals surface area contributed by atoms with Crippen molar-refractivity contribution >= 4 is 22.7 Å². The number of nitro groups is 1. The molecule has 1 N–H and O–H groups in total. The minimum absolute atomic E-state index is 0.0601. The fraction of sp³-hybridized carbons (Fsp3) is 0.150. The van der Waals surface area contributed by atoms with Gasteiger partial charge >= 0.3 is 0 Å². The van der Waals surface area contributed by atoms with Gasteiger partial charge in [-0.05, 0) is 24.1 Å². The Morgan fingerprint density at radius 3 is 2.72 bits per heavy atom. The average molecular weight is 390 g/mol. The van der Waals surface area contributed by atoms with Gasteiger partial charge in [-0.2, -0.15) is 10.1 Å². The molecular formula is C20H18N6O3. The van der Waals surface area contributed by atoms with Crippen LogP contribution in [0.25, 0.3) is 16.7 Å². The minimum Gasteiger partial charge on any atom is -0.345 e. The lowest BCUT2D eigenvalue weighted by Crippen LogP contribution is -2.25. The van der Waals surface area contributed by atoms with Gasteiger partial charge in [0.15, 0.2) is 5.65 Å². The lowest BCUT2D eigenvalue weighted by molar-refractivity contribution is -0.384. The quantitative estimate of drug-likeness (QED) is 0.400. The second-order valence-corrected chi connectivity index (χ2v) is 6.62. The van der Waals surface area contributed by atoms with Gasteiger partial charge in [0.25, 0.3) is 11.2 Å². The summed E-state index contributed by atoms with van der Waals surface area (Å²) in [5.74, 6) is 0.408. The maximum atomic E-state index is 12.5. The van der Waals surface area contributed by atoms with Crippen molar-refractivity contribution in [1.29, 1.82) is 0 Å². The van der Waals surface area contributed by atoms with Gasteiger partial charge in [0.1, 0.15) is 5.39 Å². The summed E-state index contributed by atoms with van der Waals surface area (Å²) in [7, 11) is 1.81. The largest absolute Gasteiger partial charge is 0.345 e. The van der Waals surface area contributed by atoms with Gasteiger partial charge in [-0.25, -0.2) is 4.68 Å². The number of benzene rings is 2. The van der Waals surface area contributed by atoms with Gasteiger partial charge in [0, 0.05) is 25.7 Å². The van der Waals surface area contributed by atoms with Crippen LogP contribution in [0.1, 0.15) is 5.56 Å². The number of aromatic nitrogens is 4. The van der Waals surface area contributed by atoms with Crippen molar-refractivity contribution < 1.29 is 4.92 Å². The predicted octanol–water partition coefficient (Wildman–Crippen LogP) is 2.70. The molecule has 0 saturated carbocycles. The normalized spacial score (nSPS) is 10.9. The summed E-state index contributed by atoms with van der Waals surface area (Å²) in [4.78, 5) is 32.2. The van der Waals surface area contributed by atoms with E-state index in [1.165, 1.54) is 12.3 Å². The number of nitrogens with one attached hydrogen (secondary N) is 1. The van der Waals surface area contributed by atoms with Crippen molar-refractivity contribution in [2.75, 3.05) is 18.5 Å². The Balaban J connectivity index is 1.61. The Morgan fingerprint density at radius 1 is 1.17 bits per heavy atom. The van der Waals surface area contributed by atoms with E-state index in [9.17, 15) is 14.9 Å². The number of non-ortho nitro benzene ring substituents is 1. The zero-order valence-corrected chi connectivity index (χ0v) is 15.6. The zero-order chi connectivity index (χ0) is 20.4. The Morgan fingerprint density at radius 2 is 1.97 bits per heavy atom. The molecule has 2 aromatic heterocycles. The summed E-state index contributed by atoms with van der Waals surface area (Å²) in [5.41, 5.74) is 1.91. The van der Waals surface area contributed by atoms with Crippen LogP contribution in [-0.4, -0.2) is 38.3 Å². The van der Waals surface area contributed by atoms with Crippen LogP contribution in [0.4, 0.5) is 11.6 Å². The highest BCUT2D eigenvalue weighted by atomic mass is 16.6. The molecule has 2 heterocycles. The number of rotatable bonds is 6. The highest BCUT2D eigenvalue weighted by Gasteiger charge is 2.14. The van der Waals surface area contributed by atoms with Crippen molar-refractivity contribution in [3.05, 3.63) is 86.8 Å². The molecule has 4 rings (SSSR count). The molecule has 0 fully saturated rings. The van der Waals surface area contributed by atoms with Crippen LogP contribution in [0.3, 0.4) is 0 Å². The van der Waals surface area contributed by atoms with E-state index in [4.69, 9.17) is 0 Å². The van der Waals surface area contributed by atoms with Crippen LogP contribution in [0.5, 0.6) is 0 Å². The second-order valence-electron chi connectivity index (χ2n) is 6.62. The van der Waals surface area contributed by atoms with Gasteiger partial charge in [-0.3, -0.25) is 19.9 Å². The van der Waals surface area contributed by atoms with E-state index in [-0.39, 0.29) is 11.2 Å². The highest BCUT2D eigenvalue weighted by molar-refractivity contribution is 5.76. The van der Waals surface area contributed by atoms with Crippen molar-refractivity contribution in [1.82, 2.24) is 19.7 Å². The molecule has 0 bridgehead atoms. The highest BCUT2D eigenvalue weighted by Crippen LogP contribution is 2.17. The van der Waals surface area contributed by atoms with E-state index in [1.54, 1.807) is 16.8 Å². The third kappa shape index (κ3) is 3.70. The first-order valence-electron chi connectivity index (χ1n) is 9.01. The molecule has 9 nitrogen and oxygen atoms in total. The van der Waals surface area contributed by atoms with Crippen molar-refractivity contribution in [2.45, 2.75) is 6.42 Å². The molecule has 0 atom stereocenters. The summed E-state index contributed by atoms with van der Waals surface area (Å²) in [6.07, 6.45) is 2.07. The number of para-hydroxylation sites is 1. The fourth-order valence-electron chi connectivity index (χ4n) is 3.07. The Labute approximate surface area is 165 Å². The number of fused-ring (bicyclic) bond motifs is 1. The summed E-state index contributed by atoms with van der Waals surface area (Å²) < 4.78 is 1.63. The number of aromatic amines is 1. The molecule has 146 valence electrons. The van der Waals surface area contributed by atoms with E-state index in [2.05, 4.69) is 15.1 Å². The number of hydrogen-bond donors (Lipinski definition) is 1.